The zero-order valence-electron chi connectivity index (χ0n) is 24.9. The summed E-state index contributed by atoms with van der Waals surface area (Å²) in [5.41, 5.74) is 0.549. The summed E-state index contributed by atoms with van der Waals surface area (Å²) in [6.45, 7) is 8.50. The molecule has 0 bridgehead atoms. The summed E-state index contributed by atoms with van der Waals surface area (Å²) < 4.78 is 15.2. The molecule has 1 fully saturated rings. The maximum atomic E-state index is 13.3. The van der Waals surface area contributed by atoms with E-state index >= 15 is 0 Å². The molecule has 3 atom stereocenters. The van der Waals surface area contributed by atoms with Crippen molar-refractivity contribution in [2.45, 2.75) is 57.6 Å². The molecule has 4 aromatic rings. The molecule has 0 radical (unpaired) electrons. The number of amides is 1. The smallest absolute Gasteiger partial charge is 0.351 e. The van der Waals surface area contributed by atoms with Crippen molar-refractivity contribution in [2.75, 3.05) is 11.9 Å². The van der Waals surface area contributed by atoms with Gasteiger partial charge in [0.1, 0.15) is 18.1 Å². The van der Waals surface area contributed by atoms with Gasteiger partial charge in [-0.25, -0.2) is 10.7 Å². The number of aromatic nitrogens is 2. The SMILES string of the molecule is Cc1cn([C@H]2CC(O[Si](c3ccccc3)(c3ccccc3)C(C)(C)C)[C@@H](CON)O2)c(=O)nc1NC(=O)c1ccccc1. The van der Waals surface area contributed by atoms with Crippen molar-refractivity contribution in [3.05, 3.63) is 119 Å². The van der Waals surface area contributed by atoms with Crippen molar-refractivity contribution in [1.29, 1.82) is 0 Å². The Bertz CT molecular complexity index is 1550. The first-order valence-electron chi connectivity index (χ1n) is 14.4. The van der Waals surface area contributed by atoms with Gasteiger partial charge in [0.2, 0.25) is 0 Å². The largest absolute Gasteiger partial charge is 0.402 e. The number of carbonyl (C=O) groups excluding carboxylic acids is 1. The Hall–Kier alpha value is -3.93. The van der Waals surface area contributed by atoms with Gasteiger partial charge in [0.15, 0.2) is 0 Å². The van der Waals surface area contributed by atoms with E-state index in [4.69, 9.17) is 19.9 Å². The molecule has 3 N–H and O–H groups in total. The van der Waals surface area contributed by atoms with Crippen molar-refractivity contribution >= 4 is 30.4 Å². The second-order valence-corrected chi connectivity index (χ2v) is 16.1. The maximum absolute atomic E-state index is 13.3. The van der Waals surface area contributed by atoms with Crippen molar-refractivity contribution < 1.29 is 18.8 Å². The molecular formula is C33H38N4O5Si. The van der Waals surface area contributed by atoms with Crippen molar-refractivity contribution in [1.82, 2.24) is 9.55 Å². The average Bonchev–Trinajstić information content (AvgIpc) is 3.40. The monoisotopic (exact) mass is 598 g/mol. The van der Waals surface area contributed by atoms with E-state index < -0.39 is 32.4 Å². The minimum atomic E-state index is -2.93. The quantitative estimate of drug-likeness (QED) is 0.222. The van der Waals surface area contributed by atoms with Gasteiger partial charge >= 0.3 is 5.69 Å². The molecular weight excluding hydrogens is 560 g/mol. The number of hydrogen-bond acceptors (Lipinski definition) is 7. The highest BCUT2D eigenvalue weighted by Gasteiger charge is 2.54. The molecule has 3 aromatic carbocycles. The molecule has 224 valence electrons. The molecule has 0 spiro atoms. The van der Waals surface area contributed by atoms with Crippen LogP contribution < -0.4 is 27.3 Å². The van der Waals surface area contributed by atoms with E-state index in [-0.39, 0.29) is 23.4 Å². The lowest BCUT2D eigenvalue weighted by Gasteiger charge is -2.45. The molecule has 1 aliphatic rings. The number of aryl methyl sites for hydroxylation is 1. The van der Waals surface area contributed by atoms with Gasteiger partial charge in [-0.15, -0.1) is 0 Å². The standard InChI is InChI=1S/C33H38N4O5Si/c1-23-21-37(32(39)36-30(23)35-31(38)24-14-8-5-9-15-24)29-20-27(28(41-29)22-40-34)42-43(33(2,3)4,25-16-10-6-11-17-25)26-18-12-7-13-19-26/h5-19,21,27-29H,20,22,34H2,1-4H3,(H,35,36,38,39)/t27?,28-,29-/m1/s1. The Morgan fingerprint density at radius 3 is 2.09 bits per heavy atom. The fraction of sp³-hybridized carbons (Fsp3) is 0.303. The Labute approximate surface area is 252 Å². The van der Waals surface area contributed by atoms with E-state index in [0.29, 0.717) is 17.5 Å². The number of ether oxygens (including phenoxy) is 1. The van der Waals surface area contributed by atoms with E-state index in [0.717, 1.165) is 10.4 Å². The number of benzene rings is 3. The molecule has 9 nitrogen and oxygen atoms in total. The fourth-order valence-corrected chi connectivity index (χ4v) is 10.5. The number of rotatable bonds is 9. The number of nitrogens with two attached hydrogens (primary N) is 1. The first kappa shape index (κ1) is 30.5. The van der Waals surface area contributed by atoms with Gasteiger partial charge < -0.3 is 19.3 Å². The van der Waals surface area contributed by atoms with E-state index in [9.17, 15) is 9.59 Å². The van der Waals surface area contributed by atoms with Crippen LogP contribution in [-0.4, -0.2) is 42.6 Å². The summed E-state index contributed by atoms with van der Waals surface area (Å²) in [7, 11) is -2.93. The van der Waals surface area contributed by atoms with E-state index in [1.54, 1.807) is 37.4 Å². The van der Waals surface area contributed by atoms with Gasteiger partial charge in [-0.2, -0.15) is 4.98 Å². The predicted molar refractivity (Wildman–Crippen MR) is 169 cm³/mol. The number of carbonyl (C=O) groups is 1. The molecule has 0 aliphatic carbocycles. The molecule has 1 amide bonds. The first-order chi connectivity index (χ1) is 20.6. The summed E-state index contributed by atoms with van der Waals surface area (Å²) in [5, 5.41) is 4.77. The summed E-state index contributed by atoms with van der Waals surface area (Å²) in [6, 6.07) is 29.5. The van der Waals surface area contributed by atoms with Crippen molar-refractivity contribution in [2.24, 2.45) is 5.90 Å². The molecule has 1 aromatic heterocycles. The van der Waals surface area contributed by atoms with Crippen LogP contribution in [0.1, 0.15) is 49.3 Å². The van der Waals surface area contributed by atoms with Crippen LogP contribution in [0.15, 0.2) is 102 Å². The Balaban J connectivity index is 1.48. The summed E-state index contributed by atoms with van der Waals surface area (Å²) in [4.78, 5) is 35.3. The number of anilines is 1. The van der Waals surface area contributed by atoms with Crippen molar-refractivity contribution in [3.8, 4) is 0 Å². The van der Waals surface area contributed by atoms with Crippen LogP contribution in [0.3, 0.4) is 0 Å². The second-order valence-electron chi connectivity index (χ2n) is 11.8. The molecule has 0 saturated carbocycles. The maximum Gasteiger partial charge on any atom is 0.351 e. The first-order valence-corrected chi connectivity index (χ1v) is 16.3. The summed E-state index contributed by atoms with van der Waals surface area (Å²) in [5.74, 6) is 5.41. The zero-order chi connectivity index (χ0) is 30.6. The highest BCUT2D eigenvalue weighted by Crippen LogP contribution is 2.41. The fourth-order valence-electron chi connectivity index (χ4n) is 5.83. The minimum absolute atomic E-state index is 0.0890. The van der Waals surface area contributed by atoms with Gasteiger partial charge in [0.05, 0.1) is 12.7 Å². The number of hydrogen-bond donors (Lipinski definition) is 2. The van der Waals surface area contributed by atoms with Crippen LogP contribution >= 0.6 is 0 Å². The molecule has 2 heterocycles. The molecule has 43 heavy (non-hydrogen) atoms. The lowest BCUT2D eigenvalue weighted by Crippen LogP contribution is -2.68. The third kappa shape index (κ3) is 6.24. The average molecular weight is 599 g/mol. The summed E-state index contributed by atoms with van der Waals surface area (Å²) in [6.07, 6.45) is 0.424. The minimum Gasteiger partial charge on any atom is -0.402 e. The van der Waals surface area contributed by atoms with Gasteiger partial charge in [-0.3, -0.25) is 9.36 Å². The lowest BCUT2D eigenvalue weighted by atomic mass is 10.2. The Kier molecular flexibility index (Phi) is 9.04. The normalized spacial score (nSPS) is 18.9. The molecule has 1 unspecified atom stereocenters. The molecule has 1 aliphatic heterocycles. The van der Waals surface area contributed by atoms with Crippen LogP contribution in [0.4, 0.5) is 5.82 Å². The Morgan fingerprint density at radius 1 is 1.00 bits per heavy atom. The second kappa shape index (κ2) is 12.7. The van der Waals surface area contributed by atoms with E-state index in [1.807, 2.05) is 42.5 Å². The Morgan fingerprint density at radius 2 is 1.56 bits per heavy atom. The highest BCUT2D eigenvalue weighted by molar-refractivity contribution is 6.99. The van der Waals surface area contributed by atoms with Gasteiger partial charge in [-0.1, -0.05) is 99.6 Å². The topological polar surface area (TPSA) is 118 Å². The van der Waals surface area contributed by atoms with Gasteiger partial charge in [0, 0.05) is 23.7 Å². The zero-order valence-corrected chi connectivity index (χ0v) is 25.9. The molecule has 1 saturated heterocycles. The lowest BCUT2D eigenvalue weighted by molar-refractivity contribution is -0.0617. The number of nitrogens with one attached hydrogen (secondary N) is 1. The van der Waals surface area contributed by atoms with Crippen LogP contribution in [0.25, 0.3) is 0 Å². The van der Waals surface area contributed by atoms with Crippen molar-refractivity contribution in [3.63, 3.8) is 0 Å². The van der Waals surface area contributed by atoms with Crippen LogP contribution in [0.5, 0.6) is 0 Å². The highest BCUT2D eigenvalue weighted by atomic mass is 28.4. The third-order valence-corrected chi connectivity index (χ3v) is 13.0. The molecule has 10 heteroatoms. The summed E-state index contributed by atoms with van der Waals surface area (Å²) >= 11 is 0. The third-order valence-electron chi connectivity index (χ3n) is 7.90. The number of nitrogens with zero attached hydrogens (tertiary/aromatic N) is 2. The van der Waals surface area contributed by atoms with Crippen LogP contribution in [-0.2, 0) is 14.0 Å². The van der Waals surface area contributed by atoms with Gasteiger partial charge in [-0.05, 0) is 34.5 Å². The van der Waals surface area contributed by atoms with E-state index in [2.05, 4.69) is 55.3 Å². The van der Waals surface area contributed by atoms with E-state index in [1.165, 1.54) is 4.57 Å². The molecule has 5 rings (SSSR count). The van der Waals surface area contributed by atoms with Crippen LogP contribution in [0.2, 0.25) is 5.04 Å². The van der Waals surface area contributed by atoms with Crippen LogP contribution in [0, 0.1) is 6.92 Å². The predicted octanol–water partition coefficient (Wildman–Crippen LogP) is 3.93. The van der Waals surface area contributed by atoms with Gasteiger partial charge in [0.25, 0.3) is 14.2 Å².